The molecule has 2 rings (SSSR count). The molecular formula is C13H24N2O2S2. The smallest absolute Gasteiger partial charge is 0.216 e. The van der Waals surface area contributed by atoms with E-state index >= 15 is 0 Å². The maximum absolute atomic E-state index is 12.6. The number of nitrogens with zero attached hydrogens (tertiary/aromatic N) is 1. The number of hydrogen-bond donors (Lipinski definition) is 1. The normalized spacial score (nSPS) is 26.2. The number of nitrogens with two attached hydrogens (primary N) is 1. The van der Waals surface area contributed by atoms with Crippen molar-refractivity contribution < 1.29 is 8.42 Å². The highest BCUT2D eigenvalue weighted by Crippen LogP contribution is 2.34. The fourth-order valence-electron chi connectivity index (χ4n) is 3.05. The zero-order valence-electron chi connectivity index (χ0n) is 11.6. The van der Waals surface area contributed by atoms with Crippen LogP contribution in [0, 0.1) is 5.41 Å². The Hall–Kier alpha value is -0.200. The Morgan fingerprint density at radius 3 is 2.21 bits per heavy atom. The standard InChI is InChI=1S/C13H24N2O2S2/c1-13(12(14)18)7-9-15(10-8-13)19(16,17)11-5-3-2-4-6-11/h11H,2-10H2,1H3,(H2,14,18). The number of sulfonamides is 1. The van der Waals surface area contributed by atoms with Crippen LogP contribution >= 0.6 is 12.2 Å². The molecule has 2 N–H and O–H groups in total. The molecule has 2 fully saturated rings. The lowest BCUT2D eigenvalue weighted by Gasteiger charge is -2.39. The molecule has 0 aromatic heterocycles. The Morgan fingerprint density at radius 2 is 1.74 bits per heavy atom. The van der Waals surface area contributed by atoms with Crippen molar-refractivity contribution >= 4 is 27.2 Å². The molecule has 0 bridgehead atoms. The predicted molar refractivity (Wildman–Crippen MR) is 81.5 cm³/mol. The highest BCUT2D eigenvalue weighted by atomic mass is 32.2. The number of hydrogen-bond acceptors (Lipinski definition) is 3. The third-order valence-electron chi connectivity index (χ3n) is 4.75. The Balaban J connectivity index is 2.02. The summed E-state index contributed by atoms with van der Waals surface area (Å²) in [5.74, 6) is 0. The molecule has 0 radical (unpaired) electrons. The van der Waals surface area contributed by atoms with Gasteiger partial charge in [-0.25, -0.2) is 12.7 Å². The van der Waals surface area contributed by atoms with Crippen LogP contribution in [0.1, 0.15) is 51.9 Å². The zero-order chi connectivity index (χ0) is 14.1. The Morgan fingerprint density at radius 1 is 1.21 bits per heavy atom. The topological polar surface area (TPSA) is 63.4 Å². The second-order valence-corrected chi connectivity index (χ2v) is 8.78. The molecule has 1 aliphatic heterocycles. The predicted octanol–water partition coefficient (Wildman–Crippen LogP) is 2.04. The first-order valence-corrected chi connectivity index (χ1v) is 9.06. The molecule has 0 aromatic carbocycles. The van der Waals surface area contributed by atoms with E-state index in [0.717, 1.165) is 38.5 Å². The number of thiocarbonyl (C=S) groups is 1. The summed E-state index contributed by atoms with van der Waals surface area (Å²) in [5, 5.41) is -0.157. The Labute approximate surface area is 121 Å². The zero-order valence-corrected chi connectivity index (χ0v) is 13.2. The summed E-state index contributed by atoms with van der Waals surface area (Å²) in [6, 6.07) is 0. The van der Waals surface area contributed by atoms with E-state index in [1.165, 1.54) is 6.42 Å². The lowest BCUT2D eigenvalue weighted by molar-refractivity contribution is 0.240. The van der Waals surface area contributed by atoms with Gasteiger partial charge in [-0.05, 0) is 25.7 Å². The second kappa shape index (κ2) is 5.66. The van der Waals surface area contributed by atoms with Gasteiger partial charge in [0.1, 0.15) is 0 Å². The average Bonchev–Trinajstić information content (AvgIpc) is 2.40. The van der Waals surface area contributed by atoms with Crippen molar-refractivity contribution in [1.82, 2.24) is 4.31 Å². The van der Waals surface area contributed by atoms with E-state index in [9.17, 15) is 8.42 Å². The number of rotatable bonds is 3. The van der Waals surface area contributed by atoms with Crippen LogP contribution in [-0.4, -0.2) is 36.1 Å². The van der Waals surface area contributed by atoms with Crippen molar-refractivity contribution in [1.29, 1.82) is 0 Å². The molecule has 1 saturated carbocycles. The summed E-state index contributed by atoms with van der Waals surface area (Å²) in [6.45, 7) is 3.17. The van der Waals surface area contributed by atoms with Crippen molar-refractivity contribution in [3.8, 4) is 0 Å². The van der Waals surface area contributed by atoms with Gasteiger partial charge in [0.05, 0.1) is 10.2 Å². The van der Waals surface area contributed by atoms with E-state index in [-0.39, 0.29) is 10.7 Å². The molecule has 0 atom stereocenters. The van der Waals surface area contributed by atoms with Crippen molar-refractivity contribution in [2.45, 2.75) is 57.1 Å². The molecule has 1 aliphatic carbocycles. The first kappa shape index (κ1) is 15.2. The highest BCUT2D eigenvalue weighted by Gasteiger charge is 2.39. The molecule has 0 aromatic rings. The maximum Gasteiger partial charge on any atom is 0.216 e. The van der Waals surface area contributed by atoms with Gasteiger partial charge in [0, 0.05) is 18.5 Å². The molecule has 0 spiro atoms. The summed E-state index contributed by atoms with van der Waals surface area (Å²) < 4.78 is 26.8. The van der Waals surface area contributed by atoms with E-state index in [4.69, 9.17) is 18.0 Å². The fraction of sp³-hybridized carbons (Fsp3) is 0.923. The van der Waals surface area contributed by atoms with Gasteiger partial charge in [0.15, 0.2) is 0 Å². The van der Waals surface area contributed by atoms with Gasteiger partial charge < -0.3 is 5.73 Å². The molecule has 1 saturated heterocycles. The minimum absolute atomic E-state index is 0.157. The largest absolute Gasteiger partial charge is 0.393 e. The monoisotopic (exact) mass is 304 g/mol. The van der Waals surface area contributed by atoms with Gasteiger partial charge >= 0.3 is 0 Å². The van der Waals surface area contributed by atoms with Gasteiger partial charge in [-0.1, -0.05) is 38.4 Å². The van der Waals surface area contributed by atoms with Gasteiger partial charge in [-0.2, -0.15) is 0 Å². The van der Waals surface area contributed by atoms with Crippen LogP contribution in [0.4, 0.5) is 0 Å². The van der Waals surface area contributed by atoms with E-state index in [1.54, 1.807) is 4.31 Å². The first-order valence-electron chi connectivity index (χ1n) is 7.15. The average molecular weight is 304 g/mol. The van der Waals surface area contributed by atoms with Crippen LogP contribution in [0.5, 0.6) is 0 Å². The quantitative estimate of drug-likeness (QED) is 0.810. The molecule has 0 unspecified atom stereocenters. The van der Waals surface area contributed by atoms with Crippen LogP contribution in [-0.2, 0) is 10.0 Å². The van der Waals surface area contributed by atoms with Gasteiger partial charge in [-0.15, -0.1) is 0 Å². The maximum atomic E-state index is 12.6. The molecular weight excluding hydrogens is 280 g/mol. The minimum atomic E-state index is -3.11. The van der Waals surface area contributed by atoms with Gasteiger partial charge in [-0.3, -0.25) is 0 Å². The lowest BCUT2D eigenvalue weighted by Crippen LogP contribution is -2.49. The molecule has 0 amide bonds. The van der Waals surface area contributed by atoms with Crippen LogP contribution in [0.15, 0.2) is 0 Å². The molecule has 6 heteroatoms. The second-order valence-electron chi connectivity index (χ2n) is 6.13. The van der Waals surface area contributed by atoms with Crippen LogP contribution in [0.25, 0.3) is 0 Å². The van der Waals surface area contributed by atoms with Gasteiger partial charge in [0.25, 0.3) is 0 Å². The summed E-state index contributed by atoms with van der Waals surface area (Å²) in [4.78, 5) is 0.516. The van der Waals surface area contributed by atoms with Crippen molar-refractivity contribution in [2.24, 2.45) is 11.1 Å². The van der Waals surface area contributed by atoms with E-state index in [2.05, 4.69) is 0 Å². The van der Waals surface area contributed by atoms with Crippen LogP contribution in [0.3, 0.4) is 0 Å². The lowest BCUT2D eigenvalue weighted by atomic mass is 9.81. The van der Waals surface area contributed by atoms with Crippen LogP contribution in [0.2, 0.25) is 0 Å². The summed E-state index contributed by atoms with van der Waals surface area (Å²) in [5.41, 5.74) is 5.59. The number of piperidine rings is 1. The fourth-order valence-corrected chi connectivity index (χ4v) is 5.30. The molecule has 110 valence electrons. The molecule has 2 aliphatic rings. The van der Waals surface area contributed by atoms with E-state index in [1.807, 2.05) is 6.92 Å². The Kier molecular flexibility index (Phi) is 4.52. The SMILES string of the molecule is CC1(C(N)=S)CCN(S(=O)(=O)C2CCCCC2)CC1. The highest BCUT2D eigenvalue weighted by molar-refractivity contribution is 7.89. The van der Waals surface area contributed by atoms with Crippen molar-refractivity contribution in [2.75, 3.05) is 13.1 Å². The van der Waals surface area contributed by atoms with Crippen molar-refractivity contribution in [3.63, 3.8) is 0 Å². The first-order chi connectivity index (χ1) is 8.86. The van der Waals surface area contributed by atoms with E-state index < -0.39 is 10.0 Å². The minimum Gasteiger partial charge on any atom is -0.393 e. The molecule has 19 heavy (non-hydrogen) atoms. The van der Waals surface area contributed by atoms with Gasteiger partial charge in [0.2, 0.25) is 10.0 Å². The summed E-state index contributed by atoms with van der Waals surface area (Å²) >= 11 is 5.10. The Bertz CT molecular complexity index is 434. The summed E-state index contributed by atoms with van der Waals surface area (Å²) in [7, 11) is -3.11. The summed E-state index contributed by atoms with van der Waals surface area (Å²) in [6.07, 6.45) is 6.40. The molecule has 4 nitrogen and oxygen atoms in total. The van der Waals surface area contributed by atoms with Crippen molar-refractivity contribution in [3.05, 3.63) is 0 Å². The third-order valence-corrected chi connectivity index (χ3v) is 7.65. The molecule has 1 heterocycles. The van der Waals surface area contributed by atoms with E-state index in [0.29, 0.717) is 18.1 Å². The third kappa shape index (κ3) is 3.11. The van der Waals surface area contributed by atoms with Crippen LogP contribution < -0.4 is 5.73 Å².